The van der Waals surface area contributed by atoms with Crippen LogP contribution in [0.25, 0.3) is 10.9 Å². The smallest absolute Gasteiger partial charge is 0.411 e. The lowest BCUT2D eigenvalue weighted by molar-refractivity contribution is 0.0980. The number of hydrogen-bond acceptors (Lipinski definition) is 7. The minimum atomic E-state index is -4.05. The molecule has 1 saturated carbocycles. The second kappa shape index (κ2) is 13.3. The van der Waals surface area contributed by atoms with Crippen molar-refractivity contribution in [2.75, 3.05) is 26.1 Å². The van der Waals surface area contributed by atoms with Gasteiger partial charge in [0.15, 0.2) is 0 Å². The molecule has 4 aromatic rings. The molecule has 0 spiro atoms. The van der Waals surface area contributed by atoms with E-state index in [0.717, 1.165) is 47.7 Å². The normalized spacial score (nSPS) is 14.4. The molecule has 3 N–H and O–H groups in total. The van der Waals surface area contributed by atoms with E-state index in [4.69, 9.17) is 14.2 Å². The van der Waals surface area contributed by atoms with Gasteiger partial charge in [0.25, 0.3) is 15.9 Å². The average Bonchev–Trinajstić information content (AvgIpc) is 3.67. The Bertz CT molecular complexity index is 1700. The zero-order valence-electron chi connectivity index (χ0n) is 24.1. The van der Waals surface area contributed by atoms with E-state index >= 15 is 0 Å². The summed E-state index contributed by atoms with van der Waals surface area (Å²) in [5, 5.41) is 3.76. The van der Waals surface area contributed by atoms with Gasteiger partial charge in [-0.1, -0.05) is 24.3 Å². The molecule has 1 unspecified atom stereocenters. The molecular weight excluding hydrogens is 570 g/mol. The number of anilines is 1. The minimum absolute atomic E-state index is 0.00782. The Kier molecular flexibility index (Phi) is 9.32. The highest BCUT2D eigenvalue weighted by Crippen LogP contribution is 2.39. The summed E-state index contributed by atoms with van der Waals surface area (Å²) in [6, 6.07) is 18.2. The van der Waals surface area contributed by atoms with E-state index in [-0.39, 0.29) is 22.5 Å². The van der Waals surface area contributed by atoms with Gasteiger partial charge in [0, 0.05) is 53.5 Å². The molecule has 43 heavy (non-hydrogen) atoms. The third-order valence-electron chi connectivity index (χ3n) is 7.67. The quantitative estimate of drug-likeness (QED) is 0.192. The summed E-state index contributed by atoms with van der Waals surface area (Å²) in [6.45, 7) is 0.448. The van der Waals surface area contributed by atoms with Gasteiger partial charge in [0.1, 0.15) is 11.9 Å². The van der Waals surface area contributed by atoms with Crippen molar-refractivity contribution in [3.05, 3.63) is 89.6 Å². The molecular formula is C32H35N3O7S. The van der Waals surface area contributed by atoms with E-state index in [2.05, 4.69) is 15.0 Å². The molecule has 10 nitrogen and oxygen atoms in total. The number of aromatic nitrogens is 1. The minimum Gasteiger partial charge on any atom is -0.496 e. The molecule has 1 atom stereocenters. The maximum absolute atomic E-state index is 13.0. The second-order valence-corrected chi connectivity index (χ2v) is 12.2. The van der Waals surface area contributed by atoms with Gasteiger partial charge in [-0.05, 0) is 80.1 Å². The van der Waals surface area contributed by atoms with Crippen molar-refractivity contribution in [1.82, 2.24) is 9.71 Å². The molecule has 226 valence electrons. The van der Waals surface area contributed by atoms with Crippen molar-refractivity contribution in [2.24, 2.45) is 0 Å². The maximum atomic E-state index is 13.0. The summed E-state index contributed by atoms with van der Waals surface area (Å²) in [4.78, 5) is 28.8. The Morgan fingerprint density at radius 2 is 1.74 bits per heavy atom. The zero-order chi connectivity index (χ0) is 30.4. The van der Waals surface area contributed by atoms with Crippen LogP contribution in [0.4, 0.5) is 10.5 Å². The lowest BCUT2D eigenvalue weighted by Crippen LogP contribution is -2.30. The molecule has 0 radical (unpaired) electrons. The first-order valence-corrected chi connectivity index (χ1v) is 15.6. The van der Waals surface area contributed by atoms with Gasteiger partial charge in [-0.3, -0.25) is 10.1 Å². The fourth-order valence-corrected chi connectivity index (χ4v) is 6.50. The summed E-state index contributed by atoms with van der Waals surface area (Å²) in [6.07, 6.45) is 5.92. The SMILES string of the molecule is COCCC(c1ccc(C(=O)NS(=O)(=O)c2ccccc2)cc1OC)c1c[nH]c2ccc(NC(=O)OC3CCCC3)cc12. The molecule has 0 saturated heterocycles. The molecule has 1 fully saturated rings. The van der Waals surface area contributed by atoms with Gasteiger partial charge < -0.3 is 19.2 Å². The molecule has 0 bridgehead atoms. The highest BCUT2D eigenvalue weighted by atomic mass is 32.2. The predicted molar refractivity (Wildman–Crippen MR) is 163 cm³/mol. The summed E-state index contributed by atoms with van der Waals surface area (Å²) < 4.78 is 44.2. The number of H-pyrrole nitrogens is 1. The zero-order valence-corrected chi connectivity index (χ0v) is 24.9. The number of nitrogens with one attached hydrogen (secondary N) is 3. The summed E-state index contributed by atoms with van der Waals surface area (Å²) in [5.74, 6) is -0.557. The molecule has 2 amide bonds. The lowest BCUT2D eigenvalue weighted by Gasteiger charge is -2.21. The van der Waals surface area contributed by atoms with Crippen LogP contribution in [0.5, 0.6) is 5.75 Å². The highest BCUT2D eigenvalue weighted by molar-refractivity contribution is 7.90. The number of aromatic amines is 1. The van der Waals surface area contributed by atoms with Gasteiger partial charge in [-0.2, -0.15) is 0 Å². The topological polar surface area (TPSA) is 136 Å². The molecule has 11 heteroatoms. The molecule has 0 aliphatic heterocycles. The van der Waals surface area contributed by atoms with E-state index in [1.807, 2.05) is 24.4 Å². The van der Waals surface area contributed by atoms with Crippen LogP contribution >= 0.6 is 0 Å². The Hall–Kier alpha value is -4.35. The van der Waals surface area contributed by atoms with Crippen LogP contribution in [0.2, 0.25) is 0 Å². The lowest BCUT2D eigenvalue weighted by atomic mass is 9.87. The Morgan fingerprint density at radius 1 is 0.977 bits per heavy atom. The molecule has 1 aromatic heterocycles. The van der Waals surface area contributed by atoms with E-state index in [1.165, 1.54) is 25.3 Å². The maximum Gasteiger partial charge on any atom is 0.411 e. The summed E-state index contributed by atoms with van der Waals surface area (Å²) in [7, 11) is -0.916. The number of amides is 2. The molecule has 3 aromatic carbocycles. The number of fused-ring (bicyclic) bond motifs is 1. The van der Waals surface area contributed by atoms with Crippen LogP contribution in [0.15, 0.2) is 77.8 Å². The van der Waals surface area contributed by atoms with E-state index < -0.39 is 22.0 Å². The first-order valence-electron chi connectivity index (χ1n) is 14.2. The van der Waals surface area contributed by atoms with E-state index in [0.29, 0.717) is 24.5 Å². The van der Waals surface area contributed by atoms with Crippen LogP contribution in [0.3, 0.4) is 0 Å². The van der Waals surface area contributed by atoms with Crippen molar-refractivity contribution in [3.63, 3.8) is 0 Å². The number of carbonyl (C=O) groups is 2. The fraction of sp³-hybridized carbons (Fsp3) is 0.312. The van der Waals surface area contributed by atoms with Crippen molar-refractivity contribution in [1.29, 1.82) is 0 Å². The van der Waals surface area contributed by atoms with Crippen molar-refractivity contribution >= 4 is 38.6 Å². The van der Waals surface area contributed by atoms with Crippen LogP contribution in [-0.2, 0) is 19.5 Å². The largest absolute Gasteiger partial charge is 0.496 e. The fourth-order valence-electron chi connectivity index (χ4n) is 5.51. The monoisotopic (exact) mass is 605 g/mol. The summed E-state index contributed by atoms with van der Waals surface area (Å²) in [5.41, 5.74) is 3.37. The number of methoxy groups -OCH3 is 2. The number of benzene rings is 3. The first kappa shape index (κ1) is 30.1. The Balaban J connectivity index is 1.42. The predicted octanol–water partition coefficient (Wildman–Crippen LogP) is 5.95. The first-order chi connectivity index (χ1) is 20.8. The highest BCUT2D eigenvalue weighted by Gasteiger charge is 2.25. The van der Waals surface area contributed by atoms with Crippen molar-refractivity contribution in [2.45, 2.75) is 49.0 Å². The third-order valence-corrected chi connectivity index (χ3v) is 9.02. The number of sulfonamides is 1. The van der Waals surface area contributed by atoms with Crippen LogP contribution < -0.4 is 14.8 Å². The van der Waals surface area contributed by atoms with Crippen molar-refractivity contribution in [3.8, 4) is 5.75 Å². The third kappa shape index (κ3) is 7.00. The van der Waals surface area contributed by atoms with Crippen LogP contribution in [-0.4, -0.2) is 52.3 Å². The molecule has 1 aliphatic rings. The molecule has 5 rings (SSSR count). The standard InChI is InChI=1S/C32H35N3O7S/c1-40-17-16-25(28-20-33-29-15-13-22(19-27(28)29)34-32(37)42-23-8-6-7-9-23)26-14-12-21(18-30(26)41-2)31(36)35-43(38,39)24-10-4-3-5-11-24/h3-5,10-15,18-20,23,25,33H,6-9,16-17H2,1-2H3,(H,34,37)(H,35,36). The Labute approximate surface area is 250 Å². The van der Waals surface area contributed by atoms with Gasteiger partial charge in [-0.15, -0.1) is 0 Å². The van der Waals surface area contributed by atoms with E-state index in [1.54, 1.807) is 37.4 Å². The Morgan fingerprint density at radius 3 is 2.47 bits per heavy atom. The number of rotatable bonds is 11. The van der Waals surface area contributed by atoms with E-state index in [9.17, 15) is 18.0 Å². The van der Waals surface area contributed by atoms with Crippen molar-refractivity contribution < 1.29 is 32.2 Å². The van der Waals surface area contributed by atoms with Gasteiger partial charge in [0.2, 0.25) is 0 Å². The molecule has 1 aliphatic carbocycles. The van der Waals surface area contributed by atoms with Crippen LogP contribution in [0.1, 0.15) is 59.5 Å². The number of hydrogen-bond donors (Lipinski definition) is 3. The van der Waals surface area contributed by atoms with Gasteiger partial charge in [-0.25, -0.2) is 17.9 Å². The van der Waals surface area contributed by atoms with Gasteiger partial charge in [0.05, 0.1) is 12.0 Å². The summed E-state index contributed by atoms with van der Waals surface area (Å²) >= 11 is 0. The number of ether oxygens (including phenoxy) is 3. The van der Waals surface area contributed by atoms with Gasteiger partial charge >= 0.3 is 6.09 Å². The van der Waals surface area contributed by atoms with Crippen LogP contribution in [0, 0.1) is 0 Å². The number of carbonyl (C=O) groups excluding carboxylic acids is 2. The average molecular weight is 606 g/mol. The molecule has 1 heterocycles. The second-order valence-electron chi connectivity index (χ2n) is 10.5.